The number of nitro groups is 1. The Hall–Kier alpha value is -2.40. The fourth-order valence-electron chi connectivity index (χ4n) is 3.08. The lowest BCUT2D eigenvalue weighted by Gasteiger charge is -2.29. The topological polar surface area (TPSA) is 122 Å². The maximum atomic E-state index is 13.2. The van der Waals surface area contributed by atoms with Crippen molar-refractivity contribution in [2.24, 2.45) is 10.9 Å². The van der Waals surface area contributed by atoms with E-state index in [2.05, 4.69) is 11.6 Å². The van der Waals surface area contributed by atoms with Crippen molar-refractivity contribution in [3.63, 3.8) is 0 Å². The molecule has 150 valence electrons. The van der Waals surface area contributed by atoms with E-state index in [1.807, 2.05) is 0 Å². The molecule has 0 bridgehead atoms. The van der Waals surface area contributed by atoms with Crippen molar-refractivity contribution < 1.29 is 23.3 Å². The van der Waals surface area contributed by atoms with Crippen LogP contribution in [0.5, 0.6) is 0 Å². The van der Waals surface area contributed by atoms with E-state index in [1.54, 1.807) is 6.08 Å². The van der Waals surface area contributed by atoms with Gasteiger partial charge < -0.3 is 5.11 Å². The number of para-hydroxylation sites is 1. The smallest absolute Gasteiger partial charge is 0.289 e. The maximum absolute atomic E-state index is 13.2. The Bertz CT molecular complexity index is 936. The third-order valence-corrected chi connectivity index (χ3v) is 6.26. The van der Waals surface area contributed by atoms with Crippen LogP contribution in [-0.2, 0) is 14.9 Å². The number of aliphatic imine (C=N–C) groups is 1. The molecule has 1 heterocycles. The molecule has 2 aliphatic rings. The molecule has 1 N–H and O–H groups in total. The lowest BCUT2D eigenvalue weighted by atomic mass is 10.00. The lowest BCUT2D eigenvalue weighted by Crippen LogP contribution is -2.43. The second-order valence-corrected chi connectivity index (χ2v) is 8.23. The number of benzene rings is 1. The van der Waals surface area contributed by atoms with Crippen LogP contribution in [0.2, 0.25) is 0 Å². The van der Waals surface area contributed by atoms with Crippen LogP contribution in [0.25, 0.3) is 0 Å². The number of nitro benzene ring substituents is 1. The van der Waals surface area contributed by atoms with Gasteiger partial charge in [0.25, 0.3) is 15.7 Å². The first kappa shape index (κ1) is 20.3. The van der Waals surface area contributed by atoms with Crippen LogP contribution in [0, 0.1) is 16.0 Å². The summed E-state index contributed by atoms with van der Waals surface area (Å²) in [6, 6.07) is 4.34. The highest BCUT2D eigenvalue weighted by molar-refractivity contribution is 7.89. The van der Waals surface area contributed by atoms with Crippen molar-refractivity contribution in [2.45, 2.75) is 23.8 Å². The van der Waals surface area contributed by atoms with E-state index in [-0.39, 0.29) is 25.7 Å². The molecule has 1 fully saturated rings. The van der Waals surface area contributed by atoms with Crippen molar-refractivity contribution in [3.05, 3.63) is 58.7 Å². The van der Waals surface area contributed by atoms with Crippen molar-refractivity contribution in [3.8, 4) is 0 Å². The van der Waals surface area contributed by atoms with E-state index in [9.17, 15) is 23.6 Å². The zero-order valence-corrected chi connectivity index (χ0v) is 15.9. The molecule has 0 spiro atoms. The number of rotatable bonds is 9. The fraction of sp³-hybridized carbons (Fsp3) is 0.389. The van der Waals surface area contributed by atoms with Gasteiger partial charge in [0.15, 0.2) is 4.90 Å². The molecule has 1 unspecified atom stereocenters. The van der Waals surface area contributed by atoms with Gasteiger partial charge in [-0.1, -0.05) is 28.8 Å². The molecule has 1 aromatic rings. The number of nitrogens with zero attached hydrogens (tertiary/aromatic N) is 3. The van der Waals surface area contributed by atoms with Gasteiger partial charge in [-0.25, -0.2) is 8.42 Å². The van der Waals surface area contributed by atoms with Crippen molar-refractivity contribution in [1.29, 1.82) is 0 Å². The van der Waals surface area contributed by atoms with Crippen LogP contribution in [-0.4, -0.2) is 54.4 Å². The summed E-state index contributed by atoms with van der Waals surface area (Å²) in [6.07, 6.45) is 5.01. The third-order valence-electron chi connectivity index (χ3n) is 4.51. The highest BCUT2D eigenvalue weighted by Gasteiger charge is 2.39. The monoisotopic (exact) mass is 407 g/mol. The largest absolute Gasteiger partial charge is 0.390 e. The van der Waals surface area contributed by atoms with Crippen LogP contribution in [0.1, 0.15) is 12.8 Å². The molecule has 0 radical (unpaired) electrons. The average Bonchev–Trinajstić information content (AvgIpc) is 3.53. The summed E-state index contributed by atoms with van der Waals surface area (Å²) in [5, 5.41) is 20.8. The second-order valence-electron chi connectivity index (χ2n) is 6.48. The number of aliphatic hydroxyl groups is 1. The highest BCUT2D eigenvalue weighted by atomic mass is 32.2. The summed E-state index contributed by atoms with van der Waals surface area (Å²) in [4.78, 5) is 19.9. The molecular formula is C18H21N3O6S. The average molecular weight is 407 g/mol. The normalized spacial score (nSPS) is 19.9. The van der Waals surface area contributed by atoms with Crippen molar-refractivity contribution in [1.82, 2.24) is 4.47 Å². The molecular weight excluding hydrogens is 386 g/mol. The first-order valence-electron chi connectivity index (χ1n) is 8.78. The molecule has 0 saturated heterocycles. The second kappa shape index (κ2) is 8.31. The fourth-order valence-corrected chi connectivity index (χ4v) is 4.61. The summed E-state index contributed by atoms with van der Waals surface area (Å²) < 4.78 is 27.2. The van der Waals surface area contributed by atoms with E-state index in [0.29, 0.717) is 5.71 Å². The molecule has 28 heavy (non-hydrogen) atoms. The Kier molecular flexibility index (Phi) is 6.04. The van der Waals surface area contributed by atoms with Gasteiger partial charge in [-0.3, -0.25) is 19.9 Å². The summed E-state index contributed by atoms with van der Waals surface area (Å²) >= 11 is 0. The zero-order chi connectivity index (χ0) is 20.3. The van der Waals surface area contributed by atoms with Gasteiger partial charge in [0, 0.05) is 6.07 Å². The SMILES string of the molecule is C=CCON(C1C=C(C2CC2)C(CO)=NC1)S(=O)(=O)c1ccccc1[N+](=O)[O-]. The third kappa shape index (κ3) is 4.04. The summed E-state index contributed by atoms with van der Waals surface area (Å²) in [5.41, 5.74) is 0.825. The number of aliphatic hydroxyl groups excluding tert-OH is 1. The van der Waals surface area contributed by atoms with Crippen LogP contribution < -0.4 is 0 Å². The van der Waals surface area contributed by atoms with Crippen LogP contribution in [0.15, 0.2) is 58.5 Å². The van der Waals surface area contributed by atoms with E-state index >= 15 is 0 Å². The lowest BCUT2D eigenvalue weighted by molar-refractivity contribution is -0.387. The van der Waals surface area contributed by atoms with Crippen LogP contribution >= 0.6 is 0 Å². The van der Waals surface area contributed by atoms with Gasteiger partial charge in [0.05, 0.1) is 36.4 Å². The zero-order valence-electron chi connectivity index (χ0n) is 15.1. The molecule has 0 amide bonds. The van der Waals surface area contributed by atoms with Gasteiger partial charge in [0.2, 0.25) is 0 Å². The van der Waals surface area contributed by atoms with E-state index < -0.39 is 31.6 Å². The van der Waals surface area contributed by atoms with Gasteiger partial charge in [-0.05, 0) is 30.4 Å². The minimum Gasteiger partial charge on any atom is -0.390 e. The Labute approximate surface area is 162 Å². The highest BCUT2D eigenvalue weighted by Crippen LogP contribution is 2.39. The number of sulfonamides is 1. The van der Waals surface area contributed by atoms with E-state index in [1.165, 1.54) is 24.3 Å². The molecule has 9 nitrogen and oxygen atoms in total. The molecule has 0 aromatic heterocycles. The molecule has 1 aliphatic heterocycles. The number of hydrogen-bond acceptors (Lipinski definition) is 7. The quantitative estimate of drug-likeness (QED) is 0.379. The van der Waals surface area contributed by atoms with Gasteiger partial charge in [0.1, 0.15) is 0 Å². The van der Waals surface area contributed by atoms with Gasteiger partial charge >= 0.3 is 0 Å². The molecule has 3 rings (SSSR count). The predicted octanol–water partition coefficient (Wildman–Crippen LogP) is 1.85. The van der Waals surface area contributed by atoms with E-state index in [0.717, 1.165) is 28.9 Å². The Morgan fingerprint density at radius 3 is 2.71 bits per heavy atom. The number of hydroxylamine groups is 1. The Morgan fingerprint density at radius 1 is 1.39 bits per heavy atom. The first-order chi connectivity index (χ1) is 13.4. The minimum atomic E-state index is -4.36. The summed E-state index contributed by atoms with van der Waals surface area (Å²) in [6.45, 7) is 3.25. The van der Waals surface area contributed by atoms with Crippen molar-refractivity contribution in [2.75, 3.05) is 19.8 Å². The van der Waals surface area contributed by atoms with E-state index in [4.69, 9.17) is 4.84 Å². The maximum Gasteiger partial charge on any atom is 0.289 e. The molecule has 10 heteroatoms. The molecule has 1 aliphatic carbocycles. The van der Waals surface area contributed by atoms with Crippen LogP contribution in [0.4, 0.5) is 5.69 Å². The standard InChI is InChI=1S/C18H21N3O6S/c1-2-9-27-21(14-10-15(13-7-8-13)16(12-22)19-11-14)28(25,26)18-6-4-3-5-17(18)20(23)24/h2-6,10,13-14,22H,1,7-9,11-12H2. The van der Waals surface area contributed by atoms with Crippen molar-refractivity contribution >= 4 is 21.4 Å². The number of hydrogen-bond donors (Lipinski definition) is 1. The number of dihydropyridines is 1. The minimum absolute atomic E-state index is 0.0448. The Morgan fingerprint density at radius 2 is 2.11 bits per heavy atom. The first-order valence-corrected chi connectivity index (χ1v) is 10.2. The predicted molar refractivity (Wildman–Crippen MR) is 102 cm³/mol. The summed E-state index contributed by atoms with van der Waals surface area (Å²) in [5.74, 6) is 0.240. The molecule has 1 saturated carbocycles. The van der Waals surface area contributed by atoms with Gasteiger partial charge in [-0.2, -0.15) is 0 Å². The molecule has 1 atom stereocenters. The van der Waals surface area contributed by atoms with Gasteiger partial charge in [-0.15, -0.1) is 6.58 Å². The summed E-state index contributed by atoms with van der Waals surface area (Å²) in [7, 11) is -4.36. The Balaban J connectivity index is 2.02. The van der Waals surface area contributed by atoms with Crippen LogP contribution in [0.3, 0.4) is 0 Å². The molecule has 1 aromatic carbocycles.